The SMILES string of the molecule is c1ccc(-c2ccc(-c3nc(-n4c5cc6ccccc6cc5c5c6cccc7c6c(cc54)-c4ccccc4-7)nc4ccc5ccccc5c34)cc2)cc1. The number of nitrogens with zero attached hydrogens (tertiary/aromatic N) is 3. The molecule has 244 valence electrons. The van der Waals surface area contributed by atoms with Gasteiger partial charge in [-0.15, -0.1) is 0 Å². The van der Waals surface area contributed by atoms with Crippen LogP contribution in [-0.2, 0) is 0 Å². The van der Waals surface area contributed by atoms with Crippen LogP contribution in [0.4, 0.5) is 0 Å². The van der Waals surface area contributed by atoms with E-state index in [1.165, 1.54) is 71.1 Å². The maximum Gasteiger partial charge on any atom is 0.235 e. The molecule has 0 N–H and O–H groups in total. The van der Waals surface area contributed by atoms with Gasteiger partial charge < -0.3 is 0 Å². The van der Waals surface area contributed by atoms with Gasteiger partial charge in [0.2, 0.25) is 5.95 Å². The molecule has 0 radical (unpaired) electrons. The van der Waals surface area contributed by atoms with E-state index in [1.54, 1.807) is 0 Å². The fourth-order valence-electron chi connectivity index (χ4n) is 8.93. The van der Waals surface area contributed by atoms with Gasteiger partial charge in [-0.1, -0.05) is 152 Å². The fourth-order valence-corrected chi connectivity index (χ4v) is 8.93. The van der Waals surface area contributed by atoms with Gasteiger partial charge in [-0.2, -0.15) is 0 Å². The van der Waals surface area contributed by atoms with Crippen molar-refractivity contribution in [3.05, 3.63) is 176 Å². The Morgan fingerprint density at radius 3 is 1.81 bits per heavy atom. The molecule has 0 bridgehead atoms. The molecule has 0 fully saturated rings. The van der Waals surface area contributed by atoms with Crippen molar-refractivity contribution in [1.82, 2.24) is 14.5 Å². The Morgan fingerprint density at radius 1 is 0.340 bits per heavy atom. The Balaban J connectivity index is 1.22. The van der Waals surface area contributed by atoms with Gasteiger partial charge in [0.15, 0.2) is 0 Å². The maximum atomic E-state index is 5.59. The lowest BCUT2D eigenvalue weighted by Crippen LogP contribution is -2.04. The second-order valence-electron chi connectivity index (χ2n) is 14.1. The molecule has 0 atom stereocenters. The van der Waals surface area contributed by atoms with E-state index in [2.05, 4.69) is 180 Å². The van der Waals surface area contributed by atoms with E-state index in [1.807, 2.05) is 0 Å². The zero-order chi connectivity index (χ0) is 34.6. The zero-order valence-corrected chi connectivity index (χ0v) is 28.6. The van der Waals surface area contributed by atoms with Crippen LogP contribution in [0.2, 0.25) is 0 Å². The topological polar surface area (TPSA) is 30.7 Å². The van der Waals surface area contributed by atoms with Crippen molar-refractivity contribution in [2.24, 2.45) is 0 Å². The van der Waals surface area contributed by atoms with Crippen LogP contribution in [0, 0.1) is 0 Å². The van der Waals surface area contributed by atoms with Gasteiger partial charge in [-0.3, -0.25) is 4.57 Å². The zero-order valence-electron chi connectivity index (χ0n) is 28.6. The van der Waals surface area contributed by atoms with Crippen LogP contribution in [0.5, 0.6) is 0 Å². The predicted molar refractivity (Wildman–Crippen MR) is 222 cm³/mol. The van der Waals surface area contributed by atoms with E-state index in [9.17, 15) is 0 Å². The summed E-state index contributed by atoms with van der Waals surface area (Å²) in [5, 5.41) is 10.8. The number of aromatic nitrogens is 3. The van der Waals surface area contributed by atoms with E-state index in [4.69, 9.17) is 9.97 Å². The minimum absolute atomic E-state index is 0.666. The summed E-state index contributed by atoms with van der Waals surface area (Å²) in [6, 6.07) is 63.6. The molecule has 2 aromatic heterocycles. The monoisotopic (exact) mass is 671 g/mol. The molecule has 0 aliphatic heterocycles. The Labute approximate surface area is 305 Å². The Kier molecular flexibility index (Phi) is 5.77. The van der Waals surface area contributed by atoms with Gasteiger partial charge in [0.05, 0.1) is 22.2 Å². The van der Waals surface area contributed by atoms with E-state index in [-0.39, 0.29) is 0 Å². The summed E-state index contributed by atoms with van der Waals surface area (Å²) in [4.78, 5) is 11.0. The molecule has 0 spiro atoms. The highest BCUT2D eigenvalue weighted by Gasteiger charge is 2.26. The lowest BCUT2D eigenvalue weighted by atomic mass is 9.97. The number of rotatable bonds is 3. The first-order valence-corrected chi connectivity index (χ1v) is 18.2. The summed E-state index contributed by atoms with van der Waals surface area (Å²) in [5.41, 5.74) is 12.6. The fraction of sp³-hybridized carbons (Fsp3) is 0. The van der Waals surface area contributed by atoms with Crippen molar-refractivity contribution in [3.8, 4) is 50.6 Å². The van der Waals surface area contributed by atoms with Crippen molar-refractivity contribution >= 4 is 65.0 Å². The second-order valence-corrected chi connectivity index (χ2v) is 14.1. The van der Waals surface area contributed by atoms with Crippen LogP contribution in [0.1, 0.15) is 0 Å². The summed E-state index contributed by atoms with van der Waals surface area (Å²) in [7, 11) is 0. The average molecular weight is 672 g/mol. The number of hydrogen-bond acceptors (Lipinski definition) is 2. The summed E-state index contributed by atoms with van der Waals surface area (Å²) in [6.07, 6.45) is 0. The third-order valence-electron chi connectivity index (χ3n) is 11.3. The van der Waals surface area contributed by atoms with E-state index in [0.29, 0.717) is 5.95 Å². The van der Waals surface area contributed by atoms with Crippen molar-refractivity contribution < 1.29 is 0 Å². The van der Waals surface area contributed by atoms with Crippen LogP contribution in [-0.4, -0.2) is 14.5 Å². The van der Waals surface area contributed by atoms with Gasteiger partial charge in [-0.05, 0) is 90.0 Å². The van der Waals surface area contributed by atoms with Gasteiger partial charge in [0.25, 0.3) is 0 Å². The van der Waals surface area contributed by atoms with Crippen molar-refractivity contribution in [2.45, 2.75) is 0 Å². The molecule has 0 saturated heterocycles. The molecule has 12 rings (SSSR count). The highest BCUT2D eigenvalue weighted by molar-refractivity contribution is 6.30. The molecule has 1 aliphatic carbocycles. The number of fused-ring (bicyclic) bond motifs is 11. The van der Waals surface area contributed by atoms with Crippen LogP contribution >= 0.6 is 0 Å². The molecule has 1 aliphatic rings. The minimum atomic E-state index is 0.666. The predicted octanol–water partition coefficient (Wildman–Crippen LogP) is 13.2. The second kappa shape index (κ2) is 10.7. The van der Waals surface area contributed by atoms with Gasteiger partial charge >= 0.3 is 0 Å². The standard InChI is InChI=1S/C50H29N3/c1-2-11-30(12-3-1)31-21-23-33(24-22-31)49-48-36-16-7-6-13-32(36)25-26-43(48)51-50(52-49)53-44-28-35-15-5-4-14-34(35)27-42(44)47-40-20-10-19-39-37-17-8-9-18-38(37)41(46(39)40)29-45(47)53/h1-29H. The first kappa shape index (κ1) is 28.6. The van der Waals surface area contributed by atoms with Gasteiger partial charge in [-0.25, -0.2) is 9.97 Å². The number of benzene rings is 9. The Hall–Kier alpha value is -7.10. The van der Waals surface area contributed by atoms with Crippen molar-refractivity contribution in [2.75, 3.05) is 0 Å². The smallest absolute Gasteiger partial charge is 0.235 e. The molecule has 0 amide bonds. The van der Waals surface area contributed by atoms with Crippen molar-refractivity contribution in [3.63, 3.8) is 0 Å². The molecule has 53 heavy (non-hydrogen) atoms. The van der Waals surface area contributed by atoms with E-state index >= 15 is 0 Å². The molecule has 0 saturated carbocycles. The molecule has 2 heterocycles. The van der Waals surface area contributed by atoms with Gasteiger partial charge in [0, 0.05) is 21.7 Å². The summed E-state index contributed by atoms with van der Waals surface area (Å²) in [5.74, 6) is 0.666. The molecule has 9 aromatic carbocycles. The van der Waals surface area contributed by atoms with Crippen LogP contribution in [0.15, 0.2) is 176 Å². The third-order valence-corrected chi connectivity index (χ3v) is 11.3. The van der Waals surface area contributed by atoms with Gasteiger partial charge in [0.1, 0.15) is 0 Å². The number of hydrogen-bond donors (Lipinski definition) is 0. The van der Waals surface area contributed by atoms with Crippen LogP contribution in [0.25, 0.3) is 116 Å². The average Bonchev–Trinajstić information content (AvgIpc) is 3.72. The lowest BCUT2D eigenvalue weighted by Gasteiger charge is -2.14. The largest absolute Gasteiger partial charge is 0.278 e. The normalized spacial score (nSPS) is 12.2. The highest BCUT2D eigenvalue weighted by Crippen LogP contribution is 2.51. The first-order valence-electron chi connectivity index (χ1n) is 18.2. The van der Waals surface area contributed by atoms with E-state index in [0.717, 1.165) is 38.6 Å². The lowest BCUT2D eigenvalue weighted by molar-refractivity contribution is 1.02. The van der Waals surface area contributed by atoms with Crippen molar-refractivity contribution in [1.29, 1.82) is 0 Å². The molecule has 3 heteroatoms. The quantitative estimate of drug-likeness (QED) is 0.175. The molecular weight excluding hydrogens is 643 g/mol. The summed E-state index contributed by atoms with van der Waals surface area (Å²) >= 11 is 0. The maximum absolute atomic E-state index is 5.59. The Bertz CT molecular complexity index is 3320. The van der Waals surface area contributed by atoms with E-state index < -0.39 is 0 Å². The highest BCUT2D eigenvalue weighted by atomic mass is 15.2. The summed E-state index contributed by atoms with van der Waals surface area (Å²) < 4.78 is 2.32. The molecular formula is C50H29N3. The third kappa shape index (κ3) is 4.05. The minimum Gasteiger partial charge on any atom is -0.278 e. The van der Waals surface area contributed by atoms with Crippen LogP contribution in [0.3, 0.4) is 0 Å². The molecule has 3 nitrogen and oxygen atoms in total. The van der Waals surface area contributed by atoms with Crippen LogP contribution < -0.4 is 0 Å². The summed E-state index contributed by atoms with van der Waals surface area (Å²) in [6.45, 7) is 0. The molecule has 11 aromatic rings. The first-order chi connectivity index (χ1) is 26.3. The Morgan fingerprint density at radius 2 is 0.981 bits per heavy atom. The molecule has 0 unspecified atom stereocenters.